The van der Waals surface area contributed by atoms with Gasteiger partial charge >= 0.3 is 0 Å². The summed E-state index contributed by atoms with van der Waals surface area (Å²) in [5.74, 6) is 1.52. The summed E-state index contributed by atoms with van der Waals surface area (Å²) in [5.41, 5.74) is 4.00. The van der Waals surface area contributed by atoms with Gasteiger partial charge in [0.15, 0.2) is 5.82 Å². The SMILES string of the molecule is COc1cc2nn(C)cc2cc1Nc1n[nH]c2cc(N3CCNCC3)ccc12. The first-order chi connectivity index (χ1) is 13.7. The van der Waals surface area contributed by atoms with Gasteiger partial charge in [0.25, 0.3) is 0 Å². The molecule has 0 saturated carbocycles. The summed E-state index contributed by atoms with van der Waals surface area (Å²) in [7, 11) is 3.58. The van der Waals surface area contributed by atoms with Crippen LogP contribution in [0.5, 0.6) is 5.75 Å². The molecule has 0 bridgehead atoms. The molecule has 1 aliphatic rings. The third-order valence-corrected chi connectivity index (χ3v) is 5.22. The number of hydrogen-bond donors (Lipinski definition) is 3. The maximum Gasteiger partial charge on any atom is 0.160 e. The molecule has 0 amide bonds. The molecule has 28 heavy (non-hydrogen) atoms. The molecule has 3 heterocycles. The molecule has 1 fully saturated rings. The maximum atomic E-state index is 5.56. The number of benzene rings is 2. The fourth-order valence-corrected chi connectivity index (χ4v) is 3.79. The Morgan fingerprint density at radius 3 is 2.82 bits per heavy atom. The van der Waals surface area contributed by atoms with Crippen LogP contribution >= 0.6 is 0 Å². The number of aromatic nitrogens is 4. The topological polar surface area (TPSA) is 83.0 Å². The number of nitrogens with one attached hydrogen (secondary N) is 3. The average molecular weight is 377 g/mol. The number of piperazine rings is 1. The lowest BCUT2D eigenvalue weighted by atomic mass is 10.2. The van der Waals surface area contributed by atoms with Crippen molar-refractivity contribution in [2.24, 2.45) is 7.05 Å². The van der Waals surface area contributed by atoms with Crippen LogP contribution in [0.15, 0.2) is 36.5 Å². The molecule has 1 saturated heterocycles. The molecule has 3 N–H and O–H groups in total. The van der Waals surface area contributed by atoms with Gasteiger partial charge in [-0.25, -0.2) is 0 Å². The Morgan fingerprint density at radius 1 is 1.14 bits per heavy atom. The Labute approximate surface area is 162 Å². The smallest absolute Gasteiger partial charge is 0.160 e. The van der Waals surface area contributed by atoms with Gasteiger partial charge < -0.3 is 20.3 Å². The van der Waals surface area contributed by atoms with E-state index in [0.717, 1.165) is 65.2 Å². The summed E-state index contributed by atoms with van der Waals surface area (Å²) < 4.78 is 7.36. The number of aromatic amines is 1. The standard InChI is InChI=1S/C20H23N7O/c1-26-12-13-9-18(19(28-2)11-16(13)25-26)22-20-15-4-3-14(10-17(15)23-24-20)27-7-5-21-6-8-27/h3-4,9-12,21H,5-8H2,1-2H3,(H2,22,23,24). The minimum atomic E-state index is 0.736. The van der Waals surface area contributed by atoms with E-state index in [1.54, 1.807) is 11.8 Å². The molecule has 4 aromatic rings. The van der Waals surface area contributed by atoms with Crippen LogP contribution in [0.25, 0.3) is 21.8 Å². The zero-order chi connectivity index (χ0) is 19.1. The van der Waals surface area contributed by atoms with Crippen LogP contribution in [0.3, 0.4) is 0 Å². The van der Waals surface area contributed by atoms with Gasteiger partial charge in [0.1, 0.15) is 5.75 Å². The van der Waals surface area contributed by atoms with Gasteiger partial charge in [0, 0.05) is 61.9 Å². The Hall–Kier alpha value is -3.26. The van der Waals surface area contributed by atoms with E-state index in [4.69, 9.17) is 4.74 Å². The molecule has 1 aliphatic heterocycles. The lowest BCUT2D eigenvalue weighted by Gasteiger charge is -2.29. The number of methoxy groups -OCH3 is 1. The van der Waals surface area contributed by atoms with E-state index in [1.165, 1.54) is 5.69 Å². The fraction of sp³-hybridized carbons (Fsp3) is 0.300. The molecule has 5 rings (SSSR count). The van der Waals surface area contributed by atoms with Crippen LogP contribution in [-0.4, -0.2) is 53.3 Å². The number of nitrogens with zero attached hydrogens (tertiary/aromatic N) is 4. The molecule has 0 atom stereocenters. The number of hydrogen-bond acceptors (Lipinski definition) is 6. The first-order valence-corrected chi connectivity index (χ1v) is 9.43. The third kappa shape index (κ3) is 2.91. The largest absolute Gasteiger partial charge is 0.494 e. The normalized spacial score (nSPS) is 14.7. The van der Waals surface area contributed by atoms with Crippen LogP contribution in [0, 0.1) is 0 Å². The van der Waals surface area contributed by atoms with Gasteiger partial charge in [-0.3, -0.25) is 9.78 Å². The minimum absolute atomic E-state index is 0.736. The predicted octanol–water partition coefficient (Wildman–Crippen LogP) is 2.61. The zero-order valence-corrected chi connectivity index (χ0v) is 16.0. The number of H-pyrrole nitrogens is 1. The first kappa shape index (κ1) is 16.9. The molecule has 0 aliphatic carbocycles. The van der Waals surface area contributed by atoms with Crippen molar-refractivity contribution in [2.45, 2.75) is 0 Å². The number of rotatable bonds is 4. The fourth-order valence-electron chi connectivity index (χ4n) is 3.79. The lowest BCUT2D eigenvalue weighted by Crippen LogP contribution is -2.43. The Bertz CT molecular complexity index is 1140. The van der Waals surface area contributed by atoms with Crippen LogP contribution in [0.4, 0.5) is 17.2 Å². The molecule has 2 aromatic heterocycles. The van der Waals surface area contributed by atoms with E-state index in [2.05, 4.69) is 49.0 Å². The third-order valence-electron chi connectivity index (χ3n) is 5.22. The molecule has 8 nitrogen and oxygen atoms in total. The Morgan fingerprint density at radius 2 is 2.00 bits per heavy atom. The molecule has 0 radical (unpaired) electrons. The minimum Gasteiger partial charge on any atom is -0.494 e. The summed E-state index contributed by atoms with van der Waals surface area (Å²) in [6.45, 7) is 4.08. The molecule has 144 valence electrons. The van der Waals surface area contributed by atoms with Crippen molar-refractivity contribution in [2.75, 3.05) is 43.5 Å². The summed E-state index contributed by atoms with van der Waals surface area (Å²) in [5, 5.41) is 21.0. The predicted molar refractivity (Wildman–Crippen MR) is 112 cm³/mol. The van der Waals surface area contributed by atoms with Crippen LogP contribution in [-0.2, 0) is 7.05 Å². The second-order valence-electron chi connectivity index (χ2n) is 7.08. The van der Waals surface area contributed by atoms with Crippen molar-refractivity contribution in [1.29, 1.82) is 0 Å². The monoisotopic (exact) mass is 377 g/mol. The van der Waals surface area contributed by atoms with Crippen molar-refractivity contribution in [3.8, 4) is 5.75 Å². The van der Waals surface area contributed by atoms with Gasteiger partial charge in [-0.15, -0.1) is 0 Å². The van der Waals surface area contributed by atoms with E-state index in [-0.39, 0.29) is 0 Å². The lowest BCUT2D eigenvalue weighted by molar-refractivity contribution is 0.417. The van der Waals surface area contributed by atoms with Gasteiger partial charge in [-0.05, 0) is 24.3 Å². The summed E-state index contributed by atoms with van der Waals surface area (Å²) in [6, 6.07) is 10.4. The van der Waals surface area contributed by atoms with Crippen LogP contribution < -0.4 is 20.3 Å². The molecule has 0 spiro atoms. The van der Waals surface area contributed by atoms with Gasteiger partial charge in [-0.2, -0.15) is 10.2 Å². The number of aryl methyl sites for hydroxylation is 1. The van der Waals surface area contributed by atoms with E-state index in [0.29, 0.717) is 0 Å². The van der Waals surface area contributed by atoms with Crippen molar-refractivity contribution in [1.82, 2.24) is 25.3 Å². The summed E-state index contributed by atoms with van der Waals surface area (Å²) >= 11 is 0. The molecular weight excluding hydrogens is 354 g/mol. The highest BCUT2D eigenvalue weighted by Gasteiger charge is 2.15. The maximum absolute atomic E-state index is 5.56. The van der Waals surface area contributed by atoms with Gasteiger partial charge in [0.2, 0.25) is 0 Å². The van der Waals surface area contributed by atoms with Crippen LogP contribution in [0.2, 0.25) is 0 Å². The first-order valence-electron chi connectivity index (χ1n) is 9.43. The second-order valence-corrected chi connectivity index (χ2v) is 7.08. The molecule has 8 heteroatoms. The van der Waals surface area contributed by atoms with E-state index in [9.17, 15) is 0 Å². The molecule has 2 aromatic carbocycles. The van der Waals surface area contributed by atoms with Crippen LogP contribution in [0.1, 0.15) is 0 Å². The van der Waals surface area contributed by atoms with Crippen molar-refractivity contribution in [3.63, 3.8) is 0 Å². The molecule has 0 unspecified atom stereocenters. The Balaban J connectivity index is 1.49. The number of ether oxygens (including phenoxy) is 1. The van der Waals surface area contributed by atoms with Crippen molar-refractivity contribution >= 4 is 39.0 Å². The van der Waals surface area contributed by atoms with E-state index >= 15 is 0 Å². The number of fused-ring (bicyclic) bond motifs is 2. The number of anilines is 3. The Kier molecular flexibility index (Phi) is 4.05. The van der Waals surface area contributed by atoms with Gasteiger partial charge in [-0.1, -0.05) is 0 Å². The summed E-state index contributed by atoms with van der Waals surface area (Å²) in [6.07, 6.45) is 1.99. The van der Waals surface area contributed by atoms with E-state index in [1.807, 2.05) is 25.4 Å². The quantitative estimate of drug-likeness (QED) is 0.507. The highest BCUT2D eigenvalue weighted by Crippen LogP contribution is 2.34. The molecular formula is C20H23N7O. The highest BCUT2D eigenvalue weighted by atomic mass is 16.5. The second kappa shape index (κ2) is 6.72. The van der Waals surface area contributed by atoms with Crippen molar-refractivity contribution in [3.05, 3.63) is 36.5 Å². The van der Waals surface area contributed by atoms with Gasteiger partial charge in [0.05, 0.1) is 23.8 Å². The zero-order valence-electron chi connectivity index (χ0n) is 16.0. The van der Waals surface area contributed by atoms with Crippen molar-refractivity contribution < 1.29 is 4.74 Å². The average Bonchev–Trinajstić information content (AvgIpc) is 3.29. The summed E-state index contributed by atoms with van der Waals surface area (Å²) in [4.78, 5) is 2.39. The highest BCUT2D eigenvalue weighted by molar-refractivity contribution is 5.95. The van der Waals surface area contributed by atoms with E-state index < -0.39 is 0 Å².